The van der Waals surface area contributed by atoms with Crippen LogP contribution in [0.1, 0.15) is 38.5 Å². The number of hydrogen-bond acceptors (Lipinski definition) is 3. The molecule has 0 bridgehead atoms. The van der Waals surface area contributed by atoms with Gasteiger partial charge in [0.25, 0.3) is 0 Å². The predicted octanol–water partition coefficient (Wildman–Crippen LogP) is 4.15. The number of nitrogens with zero attached hydrogens (tertiary/aromatic N) is 1. The molecule has 1 spiro atoms. The lowest BCUT2D eigenvalue weighted by atomic mass is 9.52. The van der Waals surface area contributed by atoms with Crippen molar-refractivity contribution >= 4 is 11.4 Å². The lowest BCUT2D eigenvalue weighted by Gasteiger charge is -2.57. The Balaban J connectivity index is 1.27. The second-order valence-electron chi connectivity index (χ2n) is 8.27. The van der Waals surface area contributed by atoms with Crippen LogP contribution in [0.4, 0.5) is 24.5 Å². The topological polar surface area (TPSA) is 41.3 Å². The van der Waals surface area contributed by atoms with Gasteiger partial charge in [0.05, 0.1) is 5.92 Å². The quantitative estimate of drug-likeness (QED) is 0.858. The highest BCUT2D eigenvalue weighted by atomic mass is 19.4. The molecule has 2 aliphatic carbocycles. The zero-order valence-electron chi connectivity index (χ0n) is 14.4. The molecule has 1 heterocycles. The number of rotatable bonds is 3. The van der Waals surface area contributed by atoms with Crippen LogP contribution in [-0.4, -0.2) is 31.3 Å². The molecule has 6 heteroatoms. The SMILES string of the molecule is NC1CC2(C1)CC(Nc1ccc(N3CCC(C(F)(F)F)CC3)cc1)C2. The van der Waals surface area contributed by atoms with E-state index in [0.717, 1.165) is 24.2 Å². The number of nitrogens with two attached hydrogens (primary N) is 1. The summed E-state index contributed by atoms with van der Waals surface area (Å²) in [7, 11) is 0. The summed E-state index contributed by atoms with van der Waals surface area (Å²) in [6.07, 6.45) is 1.06. The first-order valence-electron chi connectivity index (χ1n) is 9.27. The van der Waals surface area contributed by atoms with Crippen LogP contribution in [0.2, 0.25) is 0 Å². The van der Waals surface area contributed by atoms with Crippen LogP contribution >= 0.6 is 0 Å². The average Bonchev–Trinajstić information content (AvgIpc) is 2.51. The molecule has 138 valence electrons. The monoisotopic (exact) mass is 353 g/mol. The van der Waals surface area contributed by atoms with Gasteiger partial charge in [-0.05, 0) is 68.2 Å². The van der Waals surface area contributed by atoms with Crippen LogP contribution in [0, 0.1) is 11.3 Å². The summed E-state index contributed by atoms with van der Waals surface area (Å²) in [5.41, 5.74) is 8.52. The summed E-state index contributed by atoms with van der Waals surface area (Å²) in [5, 5.41) is 3.57. The fourth-order valence-electron chi connectivity index (χ4n) is 4.94. The summed E-state index contributed by atoms with van der Waals surface area (Å²) in [4.78, 5) is 2.06. The number of piperidine rings is 1. The van der Waals surface area contributed by atoms with E-state index in [1.54, 1.807) is 0 Å². The van der Waals surface area contributed by atoms with Crippen LogP contribution < -0.4 is 16.0 Å². The summed E-state index contributed by atoms with van der Waals surface area (Å²) in [5.74, 6) is -1.14. The molecule has 0 aromatic heterocycles. The van der Waals surface area contributed by atoms with Crippen molar-refractivity contribution in [3.05, 3.63) is 24.3 Å². The zero-order chi connectivity index (χ0) is 17.7. The van der Waals surface area contributed by atoms with E-state index in [1.165, 1.54) is 12.8 Å². The molecule has 1 aliphatic heterocycles. The van der Waals surface area contributed by atoms with Crippen LogP contribution in [0.3, 0.4) is 0 Å². The van der Waals surface area contributed by atoms with E-state index in [9.17, 15) is 13.2 Å². The van der Waals surface area contributed by atoms with Crippen molar-refractivity contribution in [2.24, 2.45) is 17.1 Å². The van der Waals surface area contributed by atoms with Crippen LogP contribution in [0.5, 0.6) is 0 Å². The molecule has 3 N–H and O–H groups in total. The first kappa shape index (κ1) is 17.0. The molecule has 3 nitrogen and oxygen atoms in total. The molecule has 0 amide bonds. The Labute approximate surface area is 146 Å². The van der Waals surface area contributed by atoms with E-state index in [0.29, 0.717) is 30.6 Å². The minimum Gasteiger partial charge on any atom is -0.382 e. The van der Waals surface area contributed by atoms with E-state index in [2.05, 4.69) is 10.2 Å². The molecule has 1 aromatic rings. The number of anilines is 2. The lowest BCUT2D eigenvalue weighted by Crippen LogP contribution is -2.57. The van der Waals surface area contributed by atoms with E-state index in [4.69, 9.17) is 5.73 Å². The number of alkyl halides is 3. The first-order valence-corrected chi connectivity index (χ1v) is 9.27. The van der Waals surface area contributed by atoms with E-state index in [1.807, 2.05) is 24.3 Å². The van der Waals surface area contributed by atoms with Crippen molar-refractivity contribution in [2.45, 2.75) is 56.8 Å². The Bertz CT molecular complexity index is 591. The van der Waals surface area contributed by atoms with Crippen molar-refractivity contribution in [3.8, 4) is 0 Å². The maximum Gasteiger partial charge on any atom is 0.391 e. The number of hydrogen-bond donors (Lipinski definition) is 2. The van der Waals surface area contributed by atoms with E-state index >= 15 is 0 Å². The Morgan fingerprint density at radius 3 is 2.12 bits per heavy atom. The second-order valence-corrected chi connectivity index (χ2v) is 8.27. The molecule has 1 aromatic carbocycles. The second kappa shape index (κ2) is 6.08. The standard InChI is InChI=1S/C19H26F3N3/c20-19(21,22)13-5-7-25(8-6-13)17-3-1-15(2-4-17)24-16-11-18(12-16)9-14(23)10-18/h1-4,13-14,16,24H,5-12,23H2. The molecule has 25 heavy (non-hydrogen) atoms. The van der Waals surface area contributed by atoms with Gasteiger partial charge in [-0.15, -0.1) is 0 Å². The van der Waals surface area contributed by atoms with E-state index < -0.39 is 12.1 Å². The molecule has 4 rings (SSSR count). The summed E-state index contributed by atoms with van der Waals surface area (Å²) in [6, 6.07) is 9.06. The molecule has 2 saturated carbocycles. The van der Waals surface area contributed by atoms with Gasteiger partial charge >= 0.3 is 6.18 Å². The Morgan fingerprint density at radius 2 is 1.60 bits per heavy atom. The molecule has 0 atom stereocenters. The number of halogens is 3. The molecule has 0 unspecified atom stereocenters. The van der Waals surface area contributed by atoms with Gasteiger partial charge in [0.2, 0.25) is 0 Å². The van der Waals surface area contributed by atoms with Crippen LogP contribution in [-0.2, 0) is 0 Å². The summed E-state index contributed by atoms with van der Waals surface area (Å²) >= 11 is 0. The third kappa shape index (κ3) is 3.46. The van der Waals surface area contributed by atoms with Gasteiger partial charge < -0.3 is 16.0 Å². The first-order chi connectivity index (χ1) is 11.8. The third-order valence-electron chi connectivity index (χ3n) is 6.31. The number of nitrogens with one attached hydrogen (secondary N) is 1. The normalized spacial score (nSPS) is 33.0. The summed E-state index contributed by atoms with van der Waals surface area (Å²) < 4.78 is 38.3. The average molecular weight is 353 g/mol. The predicted molar refractivity (Wildman–Crippen MR) is 93.7 cm³/mol. The molecular formula is C19H26F3N3. The van der Waals surface area contributed by atoms with Gasteiger partial charge in [-0.1, -0.05) is 0 Å². The van der Waals surface area contributed by atoms with Crippen LogP contribution in [0.25, 0.3) is 0 Å². The highest BCUT2D eigenvalue weighted by Crippen LogP contribution is 2.55. The molecule has 1 saturated heterocycles. The van der Waals surface area contributed by atoms with Crippen molar-refractivity contribution in [1.82, 2.24) is 0 Å². The minimum absolute atomic E-state index is 0.190. The molecular weight excluding hydrogens is 327 g/mol. The van der Waals surface area contributed by atoms with Crippen molar-refractivity contribution < 1.29 is 13.2 Å². The van der Waals surface area contributed by atoms with Crippen molar-refractivity contribution in [2.75, 3.05) is 23.3 Å². The molecule has 3 fully saturated rings. The van der Waals surface area contributed by atoms with Gasteiger partial charge in [0, 0.05) is 36.5 Å². The fraction of sp³-hybridized carbons (Fsp3) is 0.684. The molecule has 0 radical (unpaired) electrons. The zero-order valence-corrected chi connectivity index (χ0v) is 14.4. The van der Waals surface area contributed by atoms with Crippen molar-refractivity contribution in [3.63, 3.8) is 0 Å². The van der Waals surface area contributed by atoms with Gasteiger partial charge in [0.15, 0.2) is 0 Å². The van der Waals surface area contributed by atoms with Crippen molar-refractivity contribution in [1.29, 1.82) is 0 Å². The van der Waals surface area contributed by atoms with Gasteiger partial charge in [-0.25, -0.2) is 0 Å². The Morgan fingerprint density at radius 1 is 1.00 bits per heavy atom. The Hall–Kier alpha value is -1.43. The lowest BCUT2D eigenvalue weighted by molar-refractivity contribution is -0.179. The third-order valence-corrected chi connectivity index (χ3v) is 6.31. The van der Waals surface area contributed by atoms with Gasteiger partial charge in [0.1, 0.15) is 0 Å². The van der Waals surface area contributed by atoms with Gasteiger partial charge in [-0.2, -0.15) is 13.2 Å². The van der Waals surface area contributed by atoms with Gasteiger partial charge in [-0.3, -0.25) is 0 Å². The maximum absolute atomic E-state index is 12.8. The van der Waals surface area contributed by atoms with Crippen LogP contribution in [0.15, 0.2) is 24.3 Å². The fourth-order valence-corrected chi connectivity index (χ4v) is 4.94. The highest BCUT2D eigenvalue weighted by molar-refractivity contribution is 5.56. The number of benzene rings is 1. The van der Waals surface area contributed by atoms with E-state index in [-0.39, 0.29) is 12.8 Å². The summed E-state index contributed by atoms with van der Waals surface area (Å²) in [6.45, 7) is 0.949. The largest absolute Gasteiger partial charge is 0.391 e. The smallest absolute Gasteiger partial charge is 0.382 e. The highest BCUT2D eigenvalue weighted by Gasteiger charge is 2.51. The molecule has 3 aliphatic rings. The maximum atomic E-state index is 12.8. The Kier molecular flexibility index (Phi) is 4.13. The minimum atomic E-state index is -4.05.